The van der Waals surface area contributed by atoms with E-state index in [2.05, 4.69) is 10.4 Å². The Kier molecular flexibility index (Phi) is 5.54. The second-order valence-corrected chi connectivity index (χ2v) is 4.76. The third-order valence-electron chi connectivity index (χ3n) is 3.22. The van der Waals surface area contributed by atoms with Crippen LogP contribution >= 0.6 is 0 Å². The lowest BCUT2D eigenvalue weighted by molar-refractivity contribution is 0.282. The van der Waals surface area contributed by atoms with Crippen molar-refractivity contribution in [2.75, 3.05) is 13.7 Å². The molecule has 0 aliphatic rings. The highest BCUT2D eigenvalue weighted by atomic mass is 16.5. The number of hydrogen-bond donors (Lipinski definition) is 2. The molecule has 0 aliphatic carbocycles. The van der Waals surface area contributed by atoms with E-state index in [4.69, 9.17) is 15.3 Å². The van der Waals surface area contributed by atoms with Gasteiger partial charge in [-0.1, -0.05) is 12.1 Å². The molecule has 0 bridgehead atoms. The topological polar surface area (TPSA) is 69.4 Å². The first-order valence-electron chi connectivity index (χ1n) is 6.89. The zero-order chi connectivity index (χ0) is 15.1. The van der Waals surface area contributed by atoms with Crippen molar-refractivity contribution in [3.63, 3.8) is 0 Å². The number of hydrogen-bond acceptors (Lipinski definition) is 5. The summed E-state index contributed by atoms with van der Waals surface area (Å²) in [6.07, 6.45) is 2.42. The minimum absolute atomic E-state index is 0.119. The van der Waals surface area contributed by atoms with Crippen LogP contribution < -0.4 is 20.7 Å². The van der Waals surface area contributed by atoms with Crippen LogP contribution in [-0.2, 0) is 0 Å². The summed E-state index contributed by atoms with van der Waals surface area (Å²) in [5, 5.41) is 0. The molecule has 1 atom stereocenters. The average molecular weight is 287 g/mol. The smallest absolute Gasteiger partial charge is 0.142 e. The lowest BCUT2D eigenvalue weighted by atomic mass is 10.1. The lowest BCUT2D eigenvalue weighted by Gasteiger charge is -2.18. The van der Waals surface area contributed by atoms with E-state index >= 15 is 0 Å². The summed E-state index contributed by atoms with van der Waals surface area (Å²) in [5.41, 5.74) is 4.73. The van der Waals surface area contributed by atoms with Crippen molar-refractivity contribution in [1.29, 1.82) is 0 Å². The van der Waals surface area contributed by atoms with Crippen molar-refractivity contribution in [1.82, 2.24) is 10.4 Å². The molecule has 2 rings (SSSR count). The van der Waals surface area contributed by atoms with Crippen LogP contribution in [0.2, 0.25) is 0 Å². The summed E-state index contributed by atoms with van der Waals surface area (Å²) < 4.78 is 11.1. The molecule has 21 heavy (non-hydrogen) atoms. The number of hydrazine groups is 1. The van der Waals surface area contributed by atoms with E-state index in [9.17, 15) is 0 Å². The molecule has 0 saturated carbocycles. The normalized spacial score (nSPS) is 12.0. The van der Waals surface area contributed by atoms with Gasteiger partial charge in [0.15, 0.2) is 0 Å². The Morgan fingerprint density at radius 1 is 1.29 bits per heavy atom. The van der Waals surface area contributed by atoms with Crippen molar-refractivity contribution in [2.24, 2.45) is 5.84 Å². The van der Waals surface area contributed by atoms with Crippen LogP contribution in [-0.4, -0.2) is 18.7 Å². The summed E-state index contributed by atoms with van der Waals surface area (Å²) in [4.78, 5) is 4.34. The van der Waals surface area contributed by atoms with Crippen LogP contribution in [0.5, 0.6) is 11.5 Å². The summed E-state index contributed by atoms with van der Waals surface area (Å²) >= 11 is 0. The van der Waals surface area contributed by atoms with Crippen LogP contribution in [0.4, 0.5) is 0 Å². The second kappa shape index (κ2) is 7.61. The van der Waals surface area contributed by atoms with Gasteiger partial charge < -0.3 is 9.47 Å². The number of nitrogens with two attached hydrogens (primary N) is 1. The molecule has 0 radical (unpaired) electrons. The molecule has 5 nitrogen and oxygen atoms in total. The molecule has 0 fully saturated rings. The number of nitrogens with one attached hydrogen (secondary N) is 1. The fourth-order valence-electron chi connectivity index (χ4n) is 2.14. The van der Waals surface area contributed by atoms with Gasteiger partial charge in [-0.3, -0.25) is 16.3 Å². The predicted octanol–water partition coefficient (Wildman–Crippen LogP) is 2.37. The SMILES string of the molecule is COc1cccnc1C(CCOc1cccc(C)c1)NN. The Labute approximate surface area is 125 Å². The van der Waals surface area contributed by atoms with Gasteiger partial charge in [0.05, 0.1) is 19.8 Å². The highest BCUT2D eigenvalue weighted by Crippen LogP contribution is 2.24. The predicted molar refractivity (Wildman–Crippen MR) is 82.1 cm³/mol. The van der Waals surface area contributed by atoms with Crippen molar-refractivity contribution in [2.45, 2.75) is 19.4 Å². The maximum Gasteiger partial charge on any atom is 0.142 e. The molecule has 0 saturated heterocycles. The van der Waals surface area contributed by atoms with E-state index in [1.807, 2.05) is 43.3 Å². The number of rotatable bonds is 7. The van der Waals surface area contributed by atoms with Crippen LogP contribution in [0, 0.1) is 6.92 Å². The number of aryl methyl sites for hydroxylation is 1. The van der Waals surface area contributed by atoms with Crippen molar-refractivity contribution in [3.8, 4) is 11.5 Å². The monoisotopic (exact) mass is 287 g/mol. The van der Waals surface area contributed by atoms with Gasteiger partial charge in [-0.25, -0.2) is 0 Å². The van der Waals surface area contributed by atoms with Gasteiger partial charge in [0.2, 0.25) is 0 Å². The molecule has 0 aliphatic heterocycles. The van der Waals surface area contributed by atoms with Gasteiger partial charge in [-0.05, 0) is 36.8 Å². The fourth-order valence-corrected chi connectivity index (χ4v) is 2.14. The first-order chi connectivity index (χ1) is 10.2. The molecule has 2 aromatic rings. The number of pyridine rings is 1. The standard InChI is InChI=1S/C16H21N3O2/c1-12-5-3-6-13(11-12)21-10-8-14(19-17)16-15(20-2)7-4-9-18-16/h3-7,9,11,14,19H,8,10,17H2,1-2H3. The summed E-state index contributed by atoms with van der Waals surface area (Å²) in [7, 11) is 1.62. The summed E-state index contributed by atoms with van der Waals surface area (Å²) in [6, 6.07) is 11.5. The lowest BCUT2D eigenvalue weighted by Crippen LogP contribution is -2.30. The minimum atomic E-state index is -0.119. The van der Waals surface area contributed by atoms with Gasteiger partial charge in [-0.15, -0.1) is 0 Å². The number of ether oxygens (including phenoxy) is 2. The van der Waals surface area contributed by atoms with Crippen molar-refractivity contribution < 1.29 is 9.47 Å². The van der Waals surface area contributed by atoms with E-state index in [0.29, 0.717) is 13.0 Å². The Hall–Kier alpha value is -2.11. The van der Waals surface area contributed by atoms with Gasteiger partial charge in [0, 0.05) is 12.6 Å². The molecule has 112 valence electrons. The summed E-state index contributed by atoms with van der Waals surface area (Å²) in [5.74, 6) is 7.21. The molecule has 1 aromatic carbocycles. The van der Waals surface area contributed by atoms with Crippen LogP contribution in [0.25, 0.3) is 0 Å². The molecule has 5 heteroatoms. The molecule has 1 unspecified atom stereocenters. The number of methoxy groups -OCH3 is 1. The van der Waals surface area contributed by atoms with E-state index in [1.54, 1.807) is 13.3 Å². The quantitative estimate of drug-likeness (QED) is 0.604. The zero-order valence-corrected chi connectivity index (χ0v) is 12.4. The highest BCUT2D eigenvalue weighted by molar-refractivity contribution is 5.30. The van der Waals surface area contributed by atoms with Crippen LogP contribution in [0.1, 0.15) is 23.7 Å². The third kappa shape index (κ3) is 4.18. The molecular formula is C16H21N3O2. The van der Waals surface area contributed by atoms with Crippen molar-refractivity contribution in [3.05, 3.63) is 53.9 Å². The molecule has 0 amide bonds. The van der Waals surface area contributed by atoms with Crippen LogP contribution in [0.15, 0.2) is 42.6 Å². The average Bonchev–Trinajstić information content (AvgIpc) is 2.52. The zero-order valence-electron chi connectivity index (χ0n) is 12.4. The van der Waals surface area contributed by atoms with Gasteiger partial charge in [0.25, 0.3) is 0 Å². The number of nitrogens with zero attached hydrogens (tertiary/aromatic N) is 1. The molecule has 3 N–H and O–H groups in total. The Morgan fingerprint density at radius 3 is 2.86 bits per heavy atom. The fraction of sp³-hybridized carbons (Fsp3) is 0.312. The van der Waals surface area contributed by atoms with Gasteiger partial charge in [0.1, 0.15) is 17.2 Å². The first-order valence-corrected chi connectivity index (χ1v) is 6.89. The summed E-state index contributed by atoms with van der Waals surface area (Å²) in [6.45, 7) is 2.58. The van der Waals surface area contributed by atoms with E-state index in [-0.39, 0.29) is 6.04 Å². The Bertz CT molecular complexity index is 575. The van der Waals surface area contributed by atoms with E-state index in [0.717, 1.165) is 17.2 Å². The number of aromatic nitrogens is 1. The van der Waals surface area contributed by atoms with Crippen LogP contribution in [0.3, 0.4) is 0 Å². The third-order valence-corrected chi connectivity index (χ3v) is 3.22. The van der Waals surface area contributed by atoms with Gasteiger partial charge in [-0.2, -0.15) is 0 Å². The van der Waals surface area contributed by atoms with E-state index in [1.165, 1.54) is 5.56 Å². The Balaban J connectivity index is 1.96. The minimum Gasteiger partial charge on any atom is -0.495 e. The Morgan fingerprint density at radius 2 is 2.14 bits per heavy atom. The highest BCUT2D eigenvalue weighted by Gasteiger charge is 2.16. The molecule has 0 spiro atoms. The second-order valence-electron chi connectivity index (χ2n) is 4.76. The largest absolute Gasteiger partial charge is 0.495 e. The van der Waals surface area contributed by atoms with E-state index < -0.39 is 0 Å². The first kappa shape index (κ1) is 15.3. The van der Waals surface area contributed by atoms with Gasteiger partial charge >= 0.3 is 0 Å². The maximum absolute atomic E-state index is 5.75. The molecule has 1 aromatic heterocycles. The molecule has 1 heterocycles. The maximum atomic E-state index is 5.75. The van der Waals surface area contributed by atoms with Crippen molar-refractivity contribution >= 4 is 0 Å². The number of benzene rings is 1. The molecular weight excluding hydrogens is 266 g/mol.